The zero-order valence-electron chi connectivity index (χ0n) is 13.3. The van der Waals surface area contributed by atoms with Crippen molar-refractivity contribution in [1.82, 2.24) is 4.90 Å². The fourth-order valence-corrected chi connectivity index (χ4v) is 3.89. The molecule has 1 heterocycles. The van der Waals surface area contributed by atoms with Crippen molar-refractivity contribution in [3.05, 3.63) is 28.3 Å². The Hall–Kier alpha value is -1.82. The zero-order chi connectivity index (χ0) is 15.9. The smallest absolute Gasteiger partial charge is 0.294 e. The molecule has 1 aromatic carbocycles. The standard InChI is InChI=1S/C16H24N4O2/c1-18(2)13-10-16(11-13)5-7-19(8-6-16)14-4-3-12(17)9-15(14)20(21)22/h3-4,9,13H,5-8,10-11,17H2,1-2H3. The minimum absolute atomic E-state index is 0.121. The summed E-state index contributed by atoms with van der Waals surface area (Å²) in [5.41, 5.74) is 7.42. The van der Waals surface area contributed by atoms with Crippen molar-refractivity contribution < 1.29 is 4.92 Å². The average Bonchev–Trinajstić information content (AvgIpc) is 2.44. The van der Waals surface area contributed by atoms with Crippen LogP contribution in [-0.4, -0.2) is 43.0 Å². The van der Waals surface area contributed by atoms with E-state index in [0.717, 1.165) is 25.9 Å². The van der Waals surface area contributed by atoms with E-state index < -0.39 is 0 Å². The van der Waals surface area contributed by atoms with Gasteiger partial charge in [0.2, 0.25) is 0 Å². The SMILES string of the molecule is CN(C)C1CC2(CCN(c3ccc(N)cc3[N+](=O)[O-])CC2)C1. The van der Waals surface area contributed by atoms with Crippen LogP contribution < -0.4 is 10.6 Å². The molecule has 2 aliphatic rings. The molecule has 3 rings (SSSR count). The van der Waals surface area contributed by atoms with Crippen molar-refractivity contribution in [2.24, 2.45) is 5.41 Å². The highest BCUT2D eigenvalue weighted by atomic mass is 16.6. The monoisotopic (exact) mass is 304 g/mol. The number of nitrogens with zero attached hydrogens (tertiary/aromatic N) is 3. The van der Waals surface area contributed by atoms with E-state index >= 15 is 0 Å². The van der Waals surface area contributed by atoms with Crippen LogP contribution in [0.3, 0.4) is 0 Å². The molecule has 0 unspecified atom stereocenters. The Morgan fingerprint density at radius 1 is 1.32 bits per heavy atom. The number of nitrogen functional groups attached to an aromatic ring is 1. The fraction of sp³-hybridized carbons (Fsp3) is 0.625. The average molecular weight is 304 g/mol. The molecular formula is C16H24N4O2. The van der Waals surface area contributed by atoms with Crippen LogP contribution in [0.4, 0.5) is 17.1 Å². The molecule has 2 fully saturated rings. The molecule has 1 saturated carbocycles. The Balaban J connectivity index is 1.69. The van der Waals surface area contributed by atoms with Gasteiger partial charge in [0.05, 0.1) is 4.92 Å². The summed E-state index contributed by atoms with van der Waals surface area (Å²) < 4.78 is 0. The van der Waals surface area contributed by atoms with Gasteiger partial charge in [-0.1, -0.05) is 0 Å². The molecule has 0 radical (unpaired) electrons. The first-order valence-corrected chi connectivity index (χ1v) is 7.85. The van der Waals surface area contributed by atoms with E-state index in [2.05, 4.69) is 23.9 Å². The normalized spacial score (nSPS) is 21.1. The number of piperidine rings is 1. The molecule has 1 saturated heterocycles. The van der Waals surface area contributed by atoms with Gasteiger partial charge in [-0.3, -0.25) is 10.1 Å². The lowest BCUT2D eigenvalue weighted by Gasteiger charge is -2.54. The molecule has 6 nitrogen and oxygen atoms in total. The maximum absolute atomic E-state index is 11.2. The number of nitrogens with two attached hydrogens (primary N) is 1. The first-order valence-electron chi connectivity index (χ1n) is 7.85. The molecule has 1 spiro atoms. The predicted molar refractivity (Wildman–Crippen MR) is 88.1 cm³/mol. The number of rotatable bonds is 3. The van der Waals surface area contributed by atoms with Gasteiger partial charge < -0.3 is 15.5 Å². The lowest BCUT2D eigenvalue weighted by atomic mass is 9.60. The summed E-state index contributed by atoms with van der Waals surface area (Å²) in [5, 5.41) is 11.2. The highest BCUT2D eigenvalue weighted by Crippen LogP contribution is 2.51. The highest BCUT2D eigenvalue weighted by Gasteiger charge is 2.46. The maximum atomic E-state index is 11.2. The van der Waals surface area contributed by atoms with Crippen LogP contribution in [0.2, 0.25) is 0 Å². The van der Waals surface area contributed by atoms with Gasteiger partial charge in [-0.2, -0.15) is 0 Å². The van der Waals surface area contributed by atoms with Crippen LogP contribution in [-0.2, 0) is 0 Å². The molecule has 0 atom stereocenters. The topological polar surface area (TPSA) is 75.6 Å². The molecule has 1 aliphatic heterocycles. The van der Waals surface area contributed by atoms with E-state index in [9.17, 15) is 10.1 Å². The van der Waals surface area contributed by atoms with Crippen LogP contribution >= 0.6 is 0 Å². The van der Waals surface area contributed by atoms with Gasteiger partial charge in [0, 0.05) is 30.9 Å². The predicted octanol–water partition coefficient (Wildman–Crippen LogP) is 2.49. The first kappa shape index (κ1) is 15.1. The molecule has 22 heavy (non-hydrogen) atoms. The van der Waals surface area contributed by atoms with Crippen LogP contribution in [0.15, 0.2) is 18.2 Å². The highest BCUT2D eigenvalue weighted by molar-refractivity contribution is 5.68. The van der Waals surface area contributed by atoms with Crippen molar-refractivity contribution in [2.45, 2.75) is 31.7 Å². The Morgan fingerprint density at radius 3 is 2.50 bits per heavy atom. The van der Waals surface area contributed by atoms with Gasteiger partial charge in [0.1, 0.15) is 5.69 Å². The maximum Gasteiger partial charge on any atom is 0.294 e. The second-order valence-electron chi connectivity index (χ2n) is 7.02. The van der Waals surface area contributed by atoms with Crippen LogP contribution in [0.5, 0.6) is 0 Å². The molecule has 0 aromatic heterocycles. The van der Waals surface area contributed by atoms with Crippen LogP contribution in [0.1, 0.15) is 25.7 Å². The molecule has 2 N–H and O–H groups in total. The molecule has 0 bridgehead atoms. The van der Waals surface area contributed by atoms with Gasteiger partial charge >= 0.3 is 0 Å². The third kappa shape index (κ3) is 2.63. The van der Waals surface area contributed by atoms with E-state index in [0.29, 0.717) is 22.8 Å². The number of benzene rings is 1. The van der Waals surface area contributed by atoms with E-state index in [4.69, 9.17) is 5.73 Å². The van der Waals surface area contributed by atoms with E-state index in [-0.39, 0.29) is 10.6 Å². The number of hydrogen-bond donors (Lipinski definition) is 1. The first-order chi connectivity index (χ1) is 10.4. The zero-order valence-corrected chi connectivity index (χ0v) is 13.3. The van der Waals surface area contributed by atoms with E-state index in [1.165, 1.54) is 18.9 Å². The number of nitro groups is 1. The summed E-state index contributed by atoms with van der Waals surface area (Å²) in [7, 11) is 4.29. The second-order valence-corrected chi connectivity index (χ2v) is 7.02. The minimum Gasteiger partial charge on any atom is -0.399 e. The molecule has 1 aliphatic carbocycles. The van der Waals surface area contributed by atoms with Crippen molar-refractivity contribution >= 4 is 17.1 Å². The molecule has 1 aromatic rings. The largest absolute Gasteiger partial charge is 0.399 e. The summed E-state index contributed by atoms with van der Waals surface area (Å²) in [6, 6.07) is 5.70. The van der Waals surface area contributed by atoms with Crippen molar-refractivity contribution in [2.75, 3.05) is 37.8 Å². The number of hydrogen-bond acceptors (Lipinski definition) is 5. The third-order valence-corrected chi connectivity index (χ3v) is 5.43. The summed E-state index contributed by atoms with van der Waals surface area (Å²) in [6.07, 6.45) is 4.77. The third-order valence-electron chi connectivity index (χ3n) is 5.43. The summed E-state index contributed by atoms with van der Waals surface area (Å²) >= 11 is 0. The molecule has 6 heteroatoms. The lowest BCUT2D eigenvalue weighted by Crippen LogP contribution is -2.53. The lowest BCUT2D eigenvalue weighted by molar-refractivity contribution is -0.384. The van der Waals surface area contributed by atoms with Crippen molar-refractivity contribution in [3.63, 3.8) is 0 Å². The Labute approximate surface area is 131 Å². The van der Waals surface area contributed by atoms with Gasteiger partial charge in [-0.05, 0) is 57.3 Å². The van der Waals surface area contributed by atoms with Crippen LogP contribution in [0, 0.1) is 15.5 Å². The second kappa shape index (κ2) is 5.43. The Kier molecular flexibility index (Phi) is 3.72. The number of anilines is 2. The summed E-state index contributed by atoms with van der Waals surface area (Å²) in [6.45, 7) is 1.79. The van der Waals surface area contributed by atoms with Crippen LogP contribution in [0.25, 0.3) is 0 Å². The fourth-order valence-electron chi connectivity index (χ4n) is 3.89. The minimum atomic E-state index is -0.332. The van der Waals surface area contributed by atoms with Crippen molar-refractivity contribution in [1.29, 1.82) is 0 Å². The van der Waals surface area contributed by atoms with E-state index in [1.807, 2.05) is 0 Å². The van der Waals surface area contributed by atoms with Gasteiger partial charge in [-0.15, -0.1) is 0 Å². The molecule has 0 amide bonds. The van der Waals surface area contributed by atoms with Crippen molar-refractivity contribution in [3.8, 4) is 0 Å². The Bertz CT molecular complexity index is 572. The van der Waals surface area contributed by atoms with E-state index in [1.54, 1.807) is 12.1 Å². The quantitative estimate of drug-likeness (QED) is 0.527. The van der Waals surface area contributed by atoms with Gasteiger partial charge in [-0.25, -0.2) is 0 Å². The summed E-state index contributed by atoms with van der Waals surface area (Å²) in [5.74, 6) is 0. The summed E-state index contributed by atoms with van der Waals surface area (Å²) in [4.78, 5) is 15.4. The molecule has 120 valence electrons. The Morgan fingerprint density at radius 2 is 1.95 bits per heavy atom. The number of nitro benzene ring substituents is 1. The van der Waals surface area contributed by atoms with Gasteiger partial charge in [0.15, 0.2) is 0 Å². The van der Waals surface area contributed by atoms with Gasteiger partial charge in [0.25, 0.3) is 5.69 Å². The molecular weight excluding hydrogens is 280 g/mol.